The molecule has 0 aliphatic heterocycles. The van der Waals surface area contributed by atoms with Crippen molar-refractivity contribution in [3.8, 4) is 0 Å². The van der Waals surface area contributed by atoms with Crippen LogP contribution in [0.5, 0.6) is 0 Å². The highest BCUT2D eigenvalue weighted by molar-refractivity contribution is 5.75. The molecule has 0 aromatic heterocycles. The zero-order valence-electron chi connectivity index (χ0n) is 4.57. The molecule has 0 heterocycles. The van der Waals surface area contributed by atoms with Crippen LogP contribution in [-0.4, -0.2) is 26.8 Å². The lowest BCUT2D eigenvalue weighted by Gasteiger charge is -1.79. The van der Waals surface area contributed by atoms with Crippen LogP contribution < -0.4 is 0 Å². The van der Waals surface area contributed by atoms with E-state index in [0.29, 0.717) is 0 Å². The maximum absolute atomic E-state index is 9.15. The van der Waals surface area contributed by atoms with E-state index in [4.69, 9.17) is 9.90 Å². The molecule has 0 aromatic rings. The van der Waals surface area contributed by atoms with E-state index in [1.54, 1.807) is 0 Å². The third kappa shape index (κ3) is 148. The first-order valence-corrected chi connectivity index (χ1v) is 1.04. The second-order valence-corrected chi connectivity index (χ2v) is 0.470. The minimum Gasteiger partial charge on any atom is -0.450 e. The Balaban J connectivity index is -0.0000000133. The molecule has 9 heavy (non-hydrogen) atoms. The van der Waals surface area contributed by atoms with Crippen molar-refractivity contribution in [2.45, 2.75) is 0 Å². The van der Waals surface area contributed by atoms with E-state index < -0.39 is 6.16 Å². The number of ether oxygens (including phenoxy) is 1. The Labute approximate surface area is 51.7 Å². The molecule has 0 bridgehead atoms. The monoisotopic (exact) mass is 147 g/mol. The second kappa shape index (κ2) is 27.4. The minimum absolute atomic E-state index is 0. The third-order valence-electron chi connectivity index (χ3n) is 0.175. The smallest absolute Gasteiger partial charge is 0.450 e. The van der Waals surface area contributed by atoms with Crippen molar-refractivity contribution >= 4 is 14.6 Å². The van der Waals surface area contributed by atoms with Gasteiger partial charge in [-0.15, -0.1) is 0 Å². The van der Waals surface area contributed by atoms with Gasteiger partial charge in [0.1, 0.15) is 0 Å². The summed E-state index contributed by atoms with van der Waals surface area (Å²) in [5.41, 5.74) is 0. The number of hydrogen-bond acceptors (Lipinski definition) is 2. The van der Waals surface area contributed by atoms with Gasteiger partial charge in [-0.2, -0.15) is 0 Å². The molecule has 0 aliphatic rings. The van der Waals surface area contributed by atoms with Gasteiger partial charge in [0.15, 0.2) is 0 Å². The topological polar surface area (TPSA) is 46.5 Å². The van der Waals surface area contributed by atoms with Gasteiger partial charge >= 0.3 is 6.16 Å². The van der Waals surface area contributed by atoms with Gasteiger partial charge < -0.3 is 9.84 Å². The Bertz CT molecular complexity index is 52.3. The van der Waals surface area contributed by atoms with E-state index in [1.807, 2.05) is 0 Å². The lowest BCUT2D eigenvalue weighted by Crippen LogP contribution is -1.91. The molecule has 7 heteroatoms. The Hall–Kier alpha value is -0.875. The van der Waals surface area contributed by atoms with E-state index in [0.717, 1.165) is 7.11 Å². The normalized spacial score (nSPS) is 3.67. The van der Waals surface area contributed by atoms with Crippen LogP contribution in [0.3, 0.4) is 0 Å². The number of carboxylic acid groups (broad SMARTS) is 1. The average Bonchev–Trinajstić information content (AvgIpc) is 1.38. The molecule has 0 saturated carbocycles. The molecule has 3 nitrogen and oxygen atoms in total. The van der Waals surface area contributed by atoms with Gasteiger partial charge in [-0.05, 0) is 0 Å². The van der Waals surface area contributed by atoms with Gasteiger partial charge in [-0.3, -0.25) is 14.1 Å². The van der Waals surface area contributed by atoms with Crippen molar-refractivity contribution in [3.63, 3.8) is 0 Å². The van der Waals surface area contributed by atoms with Crippen LogP contribution in [0.2, 0.25) is 0 Å². The fourth-order valence-corrected chi connectivity index (χ4v) is 0. The predicted molar refractivity (Wildman–Crippen MR) is 28.3 cm³/mol. The van der Waals surface area contributed by atoms with Crippen LogP contribution in [-0.2, 0) is 4.74 Å². The number of hydrogen-bond donors (Lipinski definition) is 1. The number of halogens is 3. The Morgan fingerprint density at radius 1 is 1.33 bits per heavy atom. The summed E-state index contributed by atoms with van der Waals surface area (Å²) in [7, 11) is 1.10. The summed E-state index contributed by atoms with van der Waals surface area (Å²) in [4.78, 5) is 9.15. The van der Waals surface area contributed by atoms with Gasteiger partial charge in [0.25, 0.3) is 0 Å². The maximum atomic E-state index is 9.15. The molecule has 3 radical (unpaired) electrons. The van der Waals surface area contributed by atoms with E-state index in [2.05, 4.69) is 4.74 Å². The molecule has 0 saturated heterocycles. The molecule has 57 valence electrons. The summed E-state index contributed by atoms with van der Waals surface area (Å²) in [6.07, 6.45) is -1.25. The van der Waals surface area contributed by atoms with E-state index in [1.165, 1.54) is 0 Å². The predicted octanol–water partition coefficient (Wildman–Crippen LogP) is 0.388. The van der Waals surface area contributed by atoms with E-state index in [9.17, 15) is 0 Å². The molecule has 0 amide bonds. The summed E-state index contributed by atoms with van der Waals surface area (Å²) < 4.78 is 3.67. The number of methoxy groups -OCH3 is 1. The summed E-state index contributed by atoms with van der Waals surface area (Å²) in [5, 5.41) is 7.50. The summed E-state index contributed by atoms with van der Waals surface area (Å²) in [6.45, 7) is 0. The lowest BCUT2D eigenvalue weighted by molar-refractivity contribution is 0.114. The zero-order valence-corrected chi connectivity index (χ0v) is 4.57. The Morgan fingerprint density at radius 2 is 1.44 bits per heavy atom. The molecule has 0 unspecified atom stereocenters. The van der Waals surface area contributed by atoms with Crippen molar-refractivity contribution in [1.82, 2.24) is 0 Å². The van der Waals surface area contributed by atoms with Gasteiger partial charge in [0, 0.05) is 8.41 Å². The maximum Gasteiger partial charge on any atom is 0.505 e. The highest BCUT2D eigenvalue weighted by atomic mass is 19.0. The zero-order chi connectivity index (χ0) is 4.28. The fourth-order valence-electron chi connectivity index (χ4n) is 0. The van der Waals surface area contributed by atoms with Crippen molar-refractivity contribution in [2.24, 2.45) is 0 Å². The molecule has 0 atom stereocenters. The van der Waals surface area contributed by atoms with Crippen LogP contribution in [0.25, 0.3) is 0 Å². The highest BCUT2D eigenvalue weighted by Crippen LogP contribution is 1.60. The molecular formula is C2H7BF3O3. The van der Waals surface area contributed by atoms with Gasteiger partial charge in [0.05, 0.1) is 7.11 Å². The van der Waals surface area contributed by atoms with Crippen LogP contribution in [0.15, 0.2) is 0 Å². The first kappa shape index (κ1) is 42.2. The summed E-state index contributed by atoms with van der Waals surface area (Å²) in [5.74, 6) is 0. The van der Waals surface area contributed by atoms with Crippen molar-refractivity contribution in [1.29, 1.82) is 0 Å². The molecule has 0 rings (SSSR count). The van der Waals surface area contributed by atoms with Crippen LogP contribution in [0, 0.1) is 0 Å². The van der Waals surface area contributed by atoms with Crippen LogP contribution >= 0.6 is 0 Å². The standard InChI is InChI=1S/C2H4O3.B.3FH/c1-5-2(3)4;;;;/h1H3,(H,3,4);;3*1H. The minimum atomic E-state index is -1.25. The number of carbonyl (C=O) groups is 1. The molecule has 0 spiro atoms. The van der Waals surface area contributed by atoms with Gasteiger partial charge in [0.2, 0.25) is 0 Å². The largest absolute Gasteiger partial charge is 0.505 e. The van der Waals surface area contributed by atoms with Crippen LogP contribution in [0.1, 0.15) is 0 Å². The quantitative estimate of drug-likeness (QED) is 0.398. The lowest BCUT2D eigenvalue weighted by atomic mass is 10.8. The van der Waals surface area contributed by atoms with Crippen molar-refractivity contribution in [2.75, 3.05) is 7.11 Å². The molecular weight excluding hydrogens is 140 g/mol. The second-order valence-electron chi connectivity index (χ2n) is 0.470. The molecule has 0 aliphatic carbocycles. The highest BCUT2D eigenvalue weighted by Gasteiger charge is 1.80. The SMILES string of the molecule is COC(=O)O.F.F.F.[B]. The van der Waals surface area contributed by atoms with Crippen molar-refractivity contribution < 1.29 is 28.8 Å². The Kier molecular flexibility index (Phi) is 128. The fraction of sp³-hybridized carbons (Fsp3) is 0.500. The molecule has 0 aromatic carbocycles. The van der Waals surface area contributed by atoms with E-state index in [-0.39, 0.29) is 22.5 Å². The van der Waals surface area contributed by atoms with E-state index >= 15 is 0 Å². The Morgan fingerprint density at radius 3 is 1.44 bits per heavy atom. The molecule has 1 N–H and O–H groups in total. The van der Waals surface area contributed by atoms with Gasteiger partial charge in [-0.1, -0.05) is 0 Å². The first-order valence-electron chi connectivity index (χ1n) is 1.04. The first-order chi connectivity index (χ1) is 2.27. The van der Waals surface area contributed by atoms with Crippen molar-refractivity contribution in [3.05, 3.63) is 0 Å². The average molecular weight is 147 g/mol. The molecule has 0 fully saturated rings. The van der Waals surface area contributed by atoms with Crippen LogP contribution in [0.4, 0.5) is 18.9 Å². The van der Waals surface area contributed by atoms with Gasteiger partial charge in [-0.25, -0.2) is 4.79 Å². The summed E-state index contributed by atoms with van der Waals surface area (Å²) in [6, 6.07) is 0. The third-order valence-corrected chi connectivity index (χ3v) is 0.175. The number of rotatable bonds is 0. The summed E-state index contributed by atoms with van der Waals surface area (Å²) >= 11 is 0.